The van der Waals surface area contributed by atoms with Gasteiger partial charge >= 0.3 is 0 Å². The van der Waals surface area contributed by atoms with Crippen LogP contribution in [0.4, 0.5) is 0 Å². The van der Waals surface area contributed by atoms with Crippen molar-refractivity contribution in [2.75, 3.05) is 20.3 Å². The van der Waals surface area contributed by atoms with Gasteiger partial charge in [-0.1, -0.05) is 0 Å². The van der Waals surface area contributed by atoms with E-state index >= 15 is 0 Å². The molecule has 1 aliphatic rings. The number of hydrogen-bond donors (Lipinski definition) is 0. The molecule has 0 saturated carbocycles. The Bertz CT molecular complexity index is 449. The van der Waals surface area contributed by atoms with Crippen LogP contribution >= 0.6 is 0 Å². The summed E-state index contributed by atoms with van der Waals surface area (Å²) >= 11 is 0. The summed E-state index contributed by atoms with van der Waals surface area (Å²) in [4.78, 5) is 17.6. The van der Waals surface area contributed by atoms with Gasteiger partial charge in [-0.15, -0.1) is 0 Å². The van der Waals surface area contributed by atoms with Crippen molar-refractivity contribution in [3.05, 3.63) is 30.1 Å². The third-order valence-electron chi connectivity index (χ3n) is 2.84. The number of carbonyl (C=O) groups is 1. The van der Waals surface area contributed by atoms with Crippen molar-refractivity contribution in [3.63, 3.8) is 0 Å². The van der Waals surface area contributed by atoms with Crippen LogP contribution in [0.3, 0.4) is 0 Å². The number of pyridine rings is 1. The minimum absolute atomic E-state index is 0.178. The second-order valence-corrected chi connectivity index (χ2v) is 4.20. The molecule has 5 heteroatoms. The molecule has 1 amide bonds. The quantitative estimate of drug-likeness (QED) is 0.763. The second kappa shape index (κ2) is 4.52. The van der Waals surface area contributed by atoms with E-state index in [1.165, 1.54) is 0 Å². The molecule has 1 aromatic heterocycles. The van der Waals surface area contributed by atoms with Crippen molar-refractivity contribution < 1.29 is 9.53 Å². The van der Waals surface area contributed by atoms with Gasteiger partial charge in [0.15, 0.2) is 5.41 Å². The number of hydrogen-bond acceptors (Lipinski definition) is 4. The second-order valence-electron chi connectivity index (χ2n) is 4.20. The topological polar surface area (TPSA) is 66.2 Å². The molecule has 0 bridgehead atoms. The summed E-state index contributed by atoms with van der Waals surface area (Å²) in [6, 6.07) is 5.75. The fraction of sp³-hybridized carbons (Fsp3) is 0.417. The van der Waals surface area contributed by atoms with Gasteiger partial charge in [0.05, 0.1) is 19.3 Å². The Balaban J connectivity index is 2.04. The van der Waals surface area contributed by atoms with E-state index in [-0.39, 0.29) is 19.1 Å². The zero-order valence-corrected chi connectivity index (χ0v) is 9.59. The number of amides is 1. The molecule has 17 heavy (non-hydrogen) atoms. The average Bonchev–Trinajstić information content (AvgIpc) is 2.29. The number of rotatable bonds is 3. The van der Waals surface area contributed by atoms with Crippen LogP contribution in [0.5, 0.6) is 0 Å². The summed E-state index contributed by atoms with van der Waals surface area (Å²) in [5.74, 6) is -0.178. The van der Waals surface area contributed by atoms with E-state index in [9.17, 15) is 4.79 Å². The average molecular weight is 231 g/mol. The molecule has 1 saturated heterocycles. The molecule has 5 nitrogen and oxygen atoms in total. The first-order chi connectivity index (χ1) is 8.18. The van der Waals surface area contributed by atoms with Gasteiger partial charge in [0.25, 0.3) is 0 Å². The Kier molecular flexibility index (Phi) is 3.07. The predicted molar refractivity (Wildman–Crippen MR) is 59.6 cm³/mol. The number of nitrogens with zero attached hydrogens (tertiary/aromatic N) is 3. The van der Waals surface area contributed by atoms with E-state index < -0.39 is 5.41 Å². The van der Waals surface area contributed by atoms with Crippen molar-refractivity contribution >= 4 is 5.91 Å². The van der Waals surface area contributed by atoms with Crippen LogP contribution in [0, 0.1) is 16.7 Å². The lowest BCUT2D eigenvalue weighted by molar-refractivity contribution is -0.160. The zero-order chi connectivity index (χ0) is 12.3. The molecule has 0 spiro atoms. The van der Waals surface area contributed by atoms with Crippen molar-refractivity contribution in [1.82, 2.24) is 9.88 Å². The fourth-order valence-electron chi connectivity index (χ4n) is 1.74. The van der Waals surface area contributed by atoms with Crippen LogP contribution in [0.15, 0.2) is 24.5 Å². The highest BCUT2D eigenvalue weighted by Gasteiger charge is 2.48. The van der Waals surface area contributed by atoms with Crippen molar-refractivity contribution in [2.24, 2.45) is 5.41 Å². The Morgan fingerprint density at radius 2 is 2.24 bits per heavy atom. The molecule has 0 aromatic carbocycles. The first-order valence-corrected chi connectivity index (χ1v) is 5.31. The van der Waals surface area contributed by atoms with Gasteiger partial charge in [0.1, 0.15) is 0 Å². The van der Waals surface area contributed by atoms with Gasteiger partial charge in [0, 0.05) is 26.0 Å². The van der Waals surface area contributed by atoms with Crippen LogP contribution in [0.1, 0.15) is 5.56 Å². The first-order valence-electron chi connectivity index (χ1n) is 5.31. The number of nitriles is 1. The third-order valence-corrected chi connectivity index (χ3v) is 2.84. The molecule has 0 aliphatic carbocycles. The van der Waals surface area contributed by atoms with Gasteiger partial charge in [-0.2, -0.15) is 5.26 Å². The predicted octanol–water partition coefficient (Wildman–Crippen LogP) is 0.580. The third kappa shape index (κ3) is 2.12. The van der Waals surface area contributed by atoms with Gasteiger partial charge in [-0.05, 0) is 17.7 Å². The largest absolute Gasteiger partial charge is 0.377 e. The smallest absolute Gasteiger partial charge is 0.247 e. The first kappa shape index (κ1) is 11.6. The highest BCUT2D eigenvalue weighted by atomic mass is 16.5. The highest BCUT2D eigenvalue weighted by Crippen LogP contribution is 2.29. The van der Waals surface area contributed by atoms with E-state index in [0.29, 0.717) is 6.54 Å². The molecule has 2 heterocycles. The molecular formula is C12H13N3O2. The summed E-state index contributed by atoms with van der Waals surface area (Å²) in [5, 5.41) is 9.03. The molecule has 1 fully saturated rings. The van der Waals surface area contributed by atoms with Crippen LogP contribution in [-0.4, -0.2) is 36.1 Å². The van der Waals surface area contributed by atoms with Gasteiger partial charge in [-0.25, -0.2) is 0 Å². The molecule has 1 aliphatic heterocycles. The van der Waals surface area contributed by atoms with Crippen molar-refractivity contribution in [1.29, 1.82) is 5.26 Å². The monoisotopic (exact) mass is 231 g/mol. The molecule has 1 aromatic rings. The lowest BCUT2D eigenvalue weighted by atomic mass is 9.86. The molecular weight excluding hydrogens is 218 g/mol. The summed E-state index contributed by atoms with van der Waals surface area (Å²) < 4.78 is 4.97. The van der Waals surface area contributed by atoms with E-state index in [2.05, 4.69) is 11.1 Å². The highest BCUT2D eigenvalue weighted by molar-refractivity contribution is 5.86. The van der Waals surface area contributed by atoms with Crippen molar-refractivity contribution in [3.8, 4) is 6.07 Å². The van der Waals surface area contributed by atoms with Crippen molar-refractivity contribution in [2.45, 2.75) is 6.54 Å². The summed E-state index contributed by atoms with van der Waals surface area (Å²) in [5.41, 5.74) is 0.0195. The van der Waals surface area contributed by atoms with Gasteiger partial charge < -0.3 is 9.64 Å². The van der Waals surface area contributed by atoms with Gasteiger partial charge in [0.2, 0.25) is 5.91 Å². The molecule has 0 N–H and O–H groups in total. The van der Waals surface area contributed by atoms with Crippen LogP contribution in [-0.2, 0) is 16.1 Å². The maximum absolute atomic E-state index is 12.1. The SMILES string of the molecule is CN(Cc1ccncc1)C(=O)C1(C#N)COC1. The zero-order valence-electron chi connectivity index (χ0n) is 9.59. The van der Waals surface area contributed by atoms with Crippen LogP contribution in [0.2, 0.25) is 0 Å². The summed E-state index contributed by atoms with van der Waals surface area (Å²) in [7, 11) is 1.69. The fourth-order valence-corrected chi connectivity index (χ4v) is 1.74. The molecule has 0 atom stereocenters. The van der Waals surface area contributed by atoms with Gasteiger partial charge in [-0.3, -0.25) is 9.78 Å². The standard InChI is InChI=1S/C12H13N3O2/c1-15(6-10-2-4-14-5-3-10)11(16)12(7-13)8-17-9-12/h2-5H,6,8-9H2,1H3. The Morgan fingerprint density at radius 1 is 1.59 bits per heavy atom. The maximum Gasteiger partial charge on any atom is 0.247 e. The van der Waals surface area contributed by atoms with E-state index in [1.807, 2.05) is 12.1 Å². The Morgan fingerprint density at radius 3 is 2.71 bits per heavy atom. The Labute approximate surface area is 99.6 Å². The van der Waals surface area contributed by atoms with E-state index in [1.54, 1.807) is 24.3 Å². The normalized spacial score (nSPS) is 16.7. The Hall–Kier alpha value is -1.93. The van der Waals surface area contributed by atoms with E-state index in [4.69, 9.17) is 10.00 Å². The number of aromatic nitrogens is 1. The molecule has 0 unspecified atom stereocenters. The minimum Gasteiger partial charge on any atom is -0.377 e. The lowest BCUT2D eigenvalue weighted by Gasteiger charge is -2.36. The number of ether oxygens (including phenoxy) is 1. The van der Waals surface area contributed by atoms with Crippen LogP contribution in [0.25, 0.3) is 0 Å². The minimum atomic E-state index is -0.970. The lowest BCUT2D eigenvalue weighted by Crippen LogP contribution is -2.53. The van der Waals surface area contributed by atoms with Crippen LogP contribution < -0.4 is 0 Å². The molecule has 88 valence electrons. The summed E-state index contributed by atoms with van der Waals surface area (Å²) in [6.45, 7) is 0.872. The molecule has 0 radical (unpaired) electrons. The molecule has 2 rings (SSSR count). The maximum atomic E-state index is 12.1. The summed E-state index contributed by atoms with van der Waals surface area (Å²) in [6.07, 6.45) is 3.36. The number of carbonyl (C=O) groups excluding carboxylic acids is 1. The van der Waals surface area contributed by atoms with E-state index in [0.717, 1.165) is 5.56 Å².